The highest BCUT2D eigenvalue weighted by molar-refractivity contribution is 7.92. The third-order valence-electron chi connectivity index (χ3n) is 6.27. The van der Waals surface area contributed by atoms with Gasteiger partial charge in [-0.2, -0.15) is 4.31 Å². The molecule has 0 saturated carbocycles. The molecule has 0 atom stereocenters. The molecule has 1 aliphatic rings. The first kappa shape index (κ1) is 29.7. The summed E-state index contributed by atoms with van der Waals surface area (Å²) in [5.41, 5.74) is 1.02. The molecule has 10 nitrogen and oxygen atoms in total. The van der Waals surface area contributed by atoms with Gasteiger partial charge in [-0.25, -0.2) is 16.8 Å². The number of halogens is 1. The highest BCUT2D eigenvalue weighted by atomic mass is 35.5. The Morgan fingerprint density at radius 2 is 1.55 bits per heavy atom. The fourth-order valence-corrected chi connectivity index (χ4v) is 6.92. The van der Waals surface area contributed by atoms with Gasteiger partial charge in [0.15, 0.2) is 6.61 Å². The number of methoxy groups -OCH3 is 1. The summed E-state index contributed by atoms with van der Waals surface area (Å²) >= 11 is 6.06. The molecule has 0 aromatic heterocycles. The Morgan fingerprint density at radius 1 is 0.900 bits per heavy atom. The molecule has 3 aromatic rings. The normalized spacial score (nSPS) is 14.3. The molecule has 0 unspecified atom stereocenters. The zero-order chi connectivity index (χ0) is 28.8. The van der Waals surface area contributed by atoms with E-state index in [1.165, 1.54) is 47.8 Å². The molecule has 4 rings (SSSR count). The number of carbonyl (C=O) groups is 1. The number of piperidine rings is 1. The van der Waals surface area contributed by atoms with E-state index >= 15 is 0 Å². The molecule has 40 heavy (non-hydrogen) atoms. The monoisotopic (exact) mass is 607 g/mol. The second-order valence-electron chi connectivity index (χ2n) is 9.10. The number of nitrogens with zero attached hydrogens (tertiary/aromatic N) is 1. The summed E-state index contributed by atoms with van der Waals surface area (Å²) in [6.45, 7) is 0.990. The Morgan fingerprint density at radius 3 is 2.17 bits per heavy atom. The van der Waals surface area contributed by atoms with Gasteiger partial charge in [0.25, 0.3) is 15.9 Å². The fraction of sp³-hybridized carbons (Fsp3) is 0.296. The van der Waals surface area contributed by atoms with Crippen LogP contribution < -0.4 is 19.5 Å². The van der Waals surface area contributed by atoms with E-state index in [1.54, 1.807) is 30.3 Å². The molecular weight excluding hydrogens is 578 g/mol. The molecule has 1 amide bonds. The van der Waals surface area contributed by atoms with Crippen LogP contribution in [0.4, 0.5) is 5.69 Å². The lowest BCUT2D eigenvalue weighted by molar-refractivity contribution is -0.123. The minimum Gasteiger partial charge on any atom is -0.495 e. The largest absolute Gasteiger partial charge is 0.495 e. The highest BCUT2D eigenvalue weighted by Crippen LogP contribution is 2.28. The Labute approximate surface area is 239 Å². The molecule has 2 N–H and O–H groups in total. The molecule has 1 heterocycles. The van der Waals surface area contributed by atoms with E-state index < -0.39 is 20.0 Å². The van der Waals surface area contributed by atoms with Crippen LogP contribution in [0.5, 0.6) is 11.5 Å². The van der Waals surface area contributed by atoms with Gasteiger partial charge < -0.3 is 14.8 Å². The second kappa shape index (κ2) is 12.9. The average molecular weight is 608 g/mol. The molecule has 1 saturated heterocycles. The molecule has 0 spiro atoms. The molecule has 1 fully saturated rings. The van der Waals surface area contributed by atoms with Gasteiger partial charge >= 0.3 is 0 Å². The lowest BCUT2D eigenvalue weighted by Crippen LogP contribution is -2.35. The van der Waals surface area contributed by atoms with Crippen molar-refractivity contribution in [1.82, 2.24) is 9.62 Å². The van der Waals surface area contributed by atoms with Crippen LogP contribution in [0.2, 0.25) is 5.02 Å². The molecule has 0 radical (unpaired) electrons. The number of hydrogen-bond acceptors (Lipinski definition) is 7. The van der Waals surface area contributed by atoms with E-state index in [2.05, 4.69) is 10.0 Å². The SMILES string of the molecule is COc1ccc(NS(=O)(=O)c2ccc(OCC(=O)NCc3ccc(S(=O)(=O)N4CCCCC4)cc3)cc2)cc1Cl. The minimum absolute atomic E-state index is 0.00184. The summed E-state index contributed by atoms with van der Waals surface area (Å²) in [6, 6.07) is 16.6. The lowest BCUT2D eigenvalue weighted by Gasteiger charge is -2.25. The van der Waals surface area contributed by atoms with Crippen LogP contribution in [0.3, 0.4) is 0 Å². The fourth-order valence-electron chi connectivity index (χ4n) is 4.09. The first-order chi connectivity index (χ1) is 19.1. The van der Waals surface area contributed by atoms with E-state index in [0.717, 1.165) is 24.8 Å². The number of rotatable bonds is 11. The number of nitrogens with one attached hydrogen (secondary N) is 2. The van der Waals surface area contributed by atoms with Gasteiger partial charge in [-0.05, 0) is 73.0 Å². The van der Waals surface area contributed by atoms with Crippen LogP contribution in [0.15, 0.2) is 76.5 Å². The van der Waals surface area contributed by atoms with E-state index in [1.807, 2.05) is 0 Å². The molecular formula is C27H30ClN3O7S2. The third-order valence-corrected chi connectivity index (χ3v) is 9.88. The number of sulfonamides is 2. The van der Waals surface area contributed by atoms with Gasteiger partial charge in [0.2, 0.25) is 10.0 Å². The summed E-state index contributed by atoms with van der Waals surface area (Å²) in [6.07, 6.45) is 2.78. The van der Waals surface area contributed by atoms with Gasteiger partial charge in [0.05, 0.1) is 27.6 Å². The van der Waals surface area contributed by atoms with Crippen LogP contribution >= 0.6 is 11.6 Å². The summed E-state index contributed by atoms with van der Waals surface area (Å²) in [5.74, 6) is 0.348. The summed E-state index contributed by atoms with van der Waals surface area (Å²) in [4.78, 5) is 12.5. The number of carbonyl (C=O) groups excluding carboxylic acids is 1. The standard InChI is InChI=1S/C27H30ClN3O7S2/c1-37-26-14-7-21(17-25(26)28)30-39(33,34)23-12-8-22(9-13-23)38-19-27(32)29-18-20-5-10-24(11-6-20)40(35,36)31-15-3-2-4-16-31/h5-14,17,30H,2-4,15-16,18-19H2,1H3,(H,29,32). The van der Waals surface area contributed by atoms with Crippen molar-refractivity contribution in [3.05, 3.63) is 77.3 Å². The topological polar surface area (TPSA) is 131 Å². The lowest BCUT2D eigenvalue weighted by atomic mass is 10.2. The molecule has 214 valence electrons. The van der Waals surface area contributed by atoms with Crippen molar-refractivity contribution < 1.29 is 31.1 Å². The summed E-state index contributed by atoms with van der Waals surface area (Å²) in [5, 5.41) is 2.98. The van der Waals surface area contributed by atoms with Crippen molar-refractivity contribution in [3.63, 3.8) is 0 Å². The van der Waals surface area contributed by atoms with Crippen LogP contribution in [0.25, 0.3) is 0 Å². The minimum atomic E-state index is -3.88. The van der Waals surface area contributed by atoms with Crippen molar-refractivity contribution in [2.45, 2.75) is 35.6 Å². The van der Waals surface area contributed by atoms with Gasteiger partial charge in [0, 0.05) is 19.6 Å². The molecule has 3 aromatic carbocycles. The van der Waals surface area contributed by atoms with Crippen LogP contribution in [-0.4, -0.2) is 53.9 Å². The zero-order valence-corrected chi connectivity index (χ0v) is 24.2. The number of hydrogen-bond donors (Lipinski definition) is 2. The predicted octanol–water partition coefficient (Wildman–Crippen LogP) is 4.02. The van der Waals surface area contributed by atoms with Gasteiger partial charge in [0.1, 0.15) is 11.5 Å². The highest BCUT2D eigenvalue weighted by Gasteiger charge is 2.25. The van der Waals surface area contributed by atoms with Crippen LogP contribution in [-0.2, 0) is 31.4 Å². The number of amides is 1. The molecule has 1 aliphatic heterocycles. The Balaban J connectivity index is 1.26. The van der Waals surface area contributed by atoms with Crippen molar-refractivity contribution in [2.75, 3.05) is 31.5 Å². The van der Waals surface area contributed by atoms with Crippen molar-refractivity contribution >= 4 is 43.2 Å². The predicted molar refractivity (Wildman–Crippen MR) is 152 cm³/mol. The maximum atomic E-state index is 12.8. The van der Waals surface area contributed by atoms with E-state index in [9.17, 15) is 21.6 Å². The Hall–Kier alpha value is -3.32. The van der Waals surface area contributed by atoms with Crippen molar-refractivity contribution in [3.8, 4) is 11.5 Å². The van der Waals surface area contributed by atoms with E-state index in [4.69, 9.17) is 21.1 Å². The molecule has 13 heteroatoms. The zero-order valence-electron chi connectivity index (χ0n) is 21.8. The van der Waals surface area contributed by atoms with Crippen LogP contribution in [0, 0.1) is 0 Å². The van der Waals surface area contributed by atoms with E-state index in [0.29, 0.717) is 24.6 Å². The Kier molecular flexibility index (Phi) is 9.56. The van der Waals surface area contributed by atoms with Crippen molar-refractivity contribution in [1.29, 1.82) is 0 Å². The first-order valence-electron chi connectivity index (χ1n) is 12.5. The first-order valence-corrected chi connectivity index (χ1v) is 15.8. The van der Waals surface area contributed by atoms with Gasteiger partial charge in [-0.15, -0.1) is 0 Å². The Bertz CT molecular complexity index is 1540. The number of benzene rings is 3. The second-order valence-corrected chi connectivity index (χ2v) is 13.1. The van der Waals surface area contributed by atoms with Crippen molar-refractivity contribution in [2.24, 2.45) is 0 Å². The maximum absolute atomic E-state index is 12.8. The average Bonchev–Trinajstić information content (AvgIpc) is 2.96. The number of ether oxygens (including phenoxy) is 2. The number of anilines is 1. The smallest absolute Gasteiger partial charge is 0.261 e. The quantitative estimate of drug-likeness (QED) is 0.337. The molecule has 0 bridgehead atoms. The summed E-state index contributed by atoms with van der Waals surface area (Å²) in [7, 11) is -5.93. The maximum Gasteiger partial charge on any atom is 0.261 e. The van der Waals surface area contributed by atoms with E-state index in [-0.39, 0.29) is 39.6 Å². The third kappa shape index (κ3) is 7.45. The van der Waals surface area contributed by atoms with Crippen LogP contribution in [0.1, 0.15) is 24.8 Å². The molecule has 0 aliphatic carbocycles. The summed E-state index contributed by atoms with van der Waals surface area (Å²) < 4.78 is 65.4. The van der Waals surface area contributed by atoms with Gasteiger partial charge in [-0.3, -0.25) is 9.52 Å². The van der Waals surface area contributed by atoms with Gasteiger partial charge in [-0.1, -0.05) is 30.2 Å².